The van der Waals surface area contributed by atoms with Gasteiger partial charge in [-0.3, -0.25) is 9.69 Å². The fourth-order valence-electron chi connectivity index (χ4n) is 4.50. The summed E-state index contributed by atoms with van der Waals surface area (Å²) in [6.07, 6.45) is 2.32. The molecule has 1 saturated heterocycles. The molecule has 1 atom stereocenters. The summed E-state index contributed by atoms with van der Waals surface area (Å²) in [5.41, 5.74) is 4.70. The Morgan fingerprint density at radius 3 is 2.50 bits per heavy atom. The number of rotatable bonds is 5. The molecular weight excluding hydrogens is 396 g/mol. The lowest BCUT2D eigenvalue weighted by Crippen LogP contribution is -2.48. The molecule has 2 aliphatic rings. The first-order valence-corrected chi connectivity index (χ1v) is 11.2. The molecule has 0 saturated carbocycles. The number of fused-ring (bicyclic) bond motifs is 1. The van der Waals surface area contributed by atoms with Crippen LogP contribution in [0.4, 0.5) is 5.69 Å². The maximum Gasteiger partial charge on any atom is 0.251 e. The van der Waals surface area contributed by atoms with Crippen LogP contribution in [-0.2, 0) is 6.42 Å². The van der Waals surface area contributed by atoms with Crippen LogP contribution in [0, 0.1) is 0 Å². The maximum atomic E-state index is 12.7. The van der Waals surface area contributed by atoms with Crippen molar-refractivity contribution in [1.82, 2.24) is 15.1 Å². The third-order valence-electron chi connectivity index (χ3n) is 6.38. The molecule has 0 aliphatic carbocycles. The van der Waals surface area contributed by atoms with Crippen molar-refractivity contribution in [2.45, 2.75) is 18.9 Å². The summed E-state index contributed by atoms with van der Waals surface area (Å²) < 4.78 is 0. The van der Waals surface area contributed by atoms with Gasteiger partial charge in [-0.05, 0) is 61.3 Å². The largest absolute Gasteiger partial charge is 0.374 e. The number of anilines is 1. The van der Waals surface area contributed by atoms with Crippen molar-refractivity contribution in [1.29, 1.82) is 0 Å². The Morgan fingerprint density at radius 2 is 1.77 bits per heavy atom. The lowest BCUT2D eigenvalue weighted by atomic mass is 9.95. The van der Waals surface area contributed by atoms with E-state index in [4.69, 9.17) is 11.6 Å². The molecule has 30 heavy (non-hydrogen) atoms. The third kappa shape index (κ3) is 4.80. The van der Waals surface area contributed by atoms with E-state index in [2.05, 4.69) is 52.3 Å². The van der Waals surface area contributed by atoms with E-state index in [0.717, 1.165) is 39.1 Å². The van der Waals surface area contributed by atoms with E-state index >= 15 is 0 Å². The van der Waals surface area contributed by atoms with Crippen molar-refractivity contribution in [3.8, 4) is 0 Å². The molecular formula is C24H31ClN4O. The van der Waals surface area contributed by atoms with E-state index in [9.17, 15) is 4.79 Å². The van der Waals surface area contributed by atoms with Crippen LogP contribution in [0.1, 0.15) is 33.9 Å². The molecule has 1 fully saturated rings. The number of hydrogen-bond acceptors (Lipinski definition) is 4. The molecule has 0 unspecified atom stereocenters. The number of likely N-dealkylation sites (N-methyl/N-ethyl adjacent to an activating group) is 1. The summed E-state index contributed by atoms with van der Waals surface area (Å²) >= 11 is 5.96. The zero-order valence-electron chi connectivity index (χ0n) is 17.9. The van der Waals surface area contributed by atoms with E-state index in [-0.39, 0.29) is 11.9 Å². The van der Waals surface area contributed by atoms with Crippen LogP contribution in [0.5, 0.6) is 0 Å². The number of carbonyl (C=O) groups excluding carboxylic acids is 1. The van der Waals surface area contributed by atoms with E-state index in [1.807, 2.05) is 0 Å². The van der Waals surface area contributed by atoms with Gasteiger partial charge in [-0.2, -0.15) is 0 Å². The Bertz CT molecular complexity index is 877. The van der Waals surface area contributed by atoms with Crippen molar-refractivity contribution in [3.63, 3.8) is 0 Å². The molecule has 160 valence electrons. The quantitative estimate of drug-likeness (QED) is 0.794. The first-order valence-electron chi connectivity index (χ1n) is 10.8. The van der Waals surface area contributed by atoms with Gasteiger partial charge in [-0.15, -0.1) is 0 Å². The zero-order valence-corrected chi connectivity index (χ0v) is 18.7. The minimum absolute atomic E-state index is 0.0523. The van der Waals surface area contributed by atoms with Crippen LogP contribution in [0.3, 0.4) is 0 Å². The second-order valence-electron chi connectivity index (χ2n) is 8.49. The second kappa shape index (κ2) is 9.38. The molecule has 0 radical (unpaired) electrons. The minimum Gasteiger partial charge on any atom is -0.374 e. The van der Waals surface area contributed by atoms with E-state index in [1.54, 1.807) is 24.3 Å². The van der Waals surface area contributed by atoms with Crippen molar-refractivity contribution in [2.75, 3.05) is 58.3 Å². The summed E-state index contributed by atoms with van der Waals surface area (Å²) in [7, 11) is 4.34. The lowest BCUT2D eigenvalue weighted by Gasteiger charge is -2.39. The molecule has 2 heterocycles. The average molecular weight is 427 g/mol. The zero-order chi connectivity index (χ0) is 21.1. The molecule has 4 rings (SSSR count). The molecule has 2 aromatic carbocycles. The van der Waals surface area contributed by atoms with Crippen LogP contribution in [-0.4, -0.2) is 69.1 Å². The highest BCUT2D eigenvalue weighted by Crippen LogP contribution is 2.31. The van der Waals surface area contributed by atoms with E-state index in [0.29, 0.717) is 17.1 Å². The SMILES string of the molecule is CN1CCN([C@@H](CNC(=O)c2ccc(Cl)cc2)c2ccc3c(c2)CCCN3C)CC1. The molecule has 2 aliphatic heterocycles. The van der Waals surface area contributed by atoms with Gasteiger partial charge in [0.2, 0.25) is 0 Å². The first-order chi connectivity index (χ1) is 14.5. The molecule has 0 aromatic heterocycles. The van der Waals surface area contributed by atoms with Crippen molar-refractivity contribution in [2.24, 2.45) is 0 Å². The van der Waals surface area contributed by atoms with Crippen LogP contribution < -0.4 is 10.2 Å². The second-order valence-corrected chi connectivity index (χ2v) is 8.92. The summed E-state index contributed by atoms with van der Waals surface area (Å²) in [5, 5.41) is 3.81. The van der Waals surface area contributed by atoms with Gasteiger partial charge in [0.05, 0.1) is 6.04 Å². The highest BCUT2D eigenvalue weighted by molar-refractivity contribution is 6.30. The van der Waals surface area contributed by atoms with Crippen LogP contribution in [0.2, 0.25) is 5.02 Å². The summed E-state index contributed by atoms with van der Waals surface area (Å²) in [5.74, 6) is -0.0523. The number of carbonyl (C=O) groups is 1. The average Bonchev–Trinajstić information content (AvgIpc) is 2.75. The van der Waals surface area contributed by atoms with Gasteiger partial charge in [0.25, 0.3) is 5.91 Å². The molecule has 0 bridgehead atoms. The van der Waals surface area contributed by atoms with Crippen LogP contribution in [0.15, 0.2) is 42.5 Å². The molecule has 0 spiro atoms. The summed E-state index contributed by atoms with van der Waals surface area (Å²) in [6.45, 7) is 5.83. The Hall–Kier alpha value is -2.08. The fourth-order valence-corrected chi connectivity index (χ4v) is 4.62. The lowest BCUT2D eigenvalue weighted by molar-refractivity contribution is 0.0886. The molecule has 2 aromatic rings. The fraction of sp³-hybridized carbons (Fsp3) is 0.458. The van der Waals surface area contributed by atoms with Gasteiger partial charge in [0, 0.05) is 62.6 Å². The smallest absolute Gasteiger partial charge is 0.251 e. The van der Waals surface area contributed by atoms with Crippen LogP contribution in [0.25, 0.3) is 0 Å². The third-order valence-corrected chi connectivity index (χ3v) is 6.63. The highest BCUT2D eigenvalue weighted by Gasteiger charge is 2.26. The Kier molecular flexibility index (Phi) is 6.61. The molecule has 6 heteroatoms. The molecule has 5 nitrogen and oxygen atoms in total. The monoisotopic (exact) mass is 426 g/mol. The van der Waals surface area contributed by atoms with E-state index < -0.39 is 0 Å². The first kappa shape index (κ1) is 21.2. The van der Waals surface area contributed by atoms with Gasteiger partial charge in [0.15, 0.2) is 0 Å². The number of aryl methyl sites for hydroxylation is 1. The number of nitrogens with zero attached hydrogens (tertiary/aromatic N) is 3. The number of halogens is 1. The van der Waals surface area contributed by atoms with Gasteiger partial charge in [0.1, 0.15) is 0 Å². The number of hydrogen-bond donors (Lipinski definition) is 1. The van der Waals surface area contributed by atoms with Gasteiger partial charge in [-0.1, -0.05) is 23.7 Å². The molecule has 1 N–H and O–H groups in total. The number of benzene rings is 2. The molecule has 1 amide bonds. The Morgan fingerprint density at radius 1 is 1.03 bits per heavy atom. The van der Waals surface area contributed by atoms with Crippen molar-refractivity contribution >= 4 is 23.2 Å². The Balaban J connectivity index is 1.54. The summed E-state index contributed by atoms with van der Waals surface area (Å²) in [4.78, 5) is 19.9. The van der Waals surface area contributed by atoms with Gasteiger partial charge < -0.3 is 15.1 Å². The predicted molar refractivity (Wildman–Crippen MR) is 124 cm³/mol. The normalized spacial score (nSPS) is 18.7. The number of piperazine rings is 1. The van der Waals surface area contributed by atoms with Gasteiger partial charge in [-0.25, -0.2) is 0 Å². The highest BCUT2D eigenvalue weighted by atomic mass is 35.5. The Labute approximate surface area is 184 Å². The van der Waals surface area contributed by atoms with Crippen LogP contribution >= 0.6 is 11.6 Å². The van der Waals surface area contributed by atoms with Crippen molar-refractivity contribution < 1.29 is 4.79 Å². The van der Waals surface area contributed by atoms with Crippen molar-refractivity contribution in [3.05, 3.63) is 64.2 Å². The van der Waals surface area contributed by atoms with Gasteiger partial charge >= 0.3 is 0 Å². The number of amides is 1. The predicted octanol–water partition coefficient (Wildman–Crippen LogP) is 3.44. The minimum atomic E-state index is -0.0523. The maximum absolute atomic E-state index is 12.7. The summed E-state index contributed by atoms with van der Waals surface area (Å²) in [6, 6.07) is 14.1. The standard InChI is InChI=1S/C24H31ClN4O/c1-27-12-14-29(15-13-27)23(17-26-24(30)18-5-8-21(25)9-6-18)20-7-10-22-19(16-20)4-3-11-28(22)2/h5-10,16,23H,3-4,11-15,17H2,1-2H3,(H,26,30)/t23-/m0/s1. The van der Waals surface area contributed by atoms with E-state index in [1.165, 1.54) is 23.2 Å². The number of nitrogens with one attached hydrogen (secondary N) is 1. The topological polar surface area (TPSA) is 38.8 Å².